The van der Waals surface area contributed by atoms with Gasteiger partial charge in [-0.2, -0.15) is 5.10 Å². The first-order chi connectivity index (χ1) is 12.2. The predicted molar refractivity (Wildman–Crippen MR) is 96.8 cm³/mol. The summed E-state index contributed by atoms with van der Waals surface area (Å²) in [5.41, 5.74) is 10.1. The van der Waals surface area contributed by atoms with E-state index >= 15 is 0 Å². The van der Waals surface area contributed by atoms with Gasteiger partial charge in [-0.3, -0.25) is 4.98 Å². The number of hydrogen-bond donors (Lipinski definition) is 1. The van der Waals surface area contributed by atoms with Gasteiger partial charge in [0.25, 0.3) is 6.54 Å². The second kappa shape index (κ2) is 6.06. The molecule has 0 aliphatic carbocycles. The van der Waals surface area contributed by atoms with E-state index in [1.807, 2.05) is 42.5 Å². The van der Waals surface area contributed by atoms with Crippen LogP contribution in [0.4, 0.5) is 5.69 Å². The topological polar surface area (TPSA) is 74.0 Å². The third-order valence-electron chi connectivity index (χ3n) is 3.91. The van der Waals surface area contributed by atoms with Gasteiger partial charge in [0.2, 0.25) is 0 Å². The summed E-state index contributed by atoms with van der Waals surface area (Å²) in [6.07, 6.45) is 5.21. The number of aromatic nitrogens is 4. The number of pyridine rings is 2. The van der Waals surface area contributed by atoms with E-state index in [0.717, 1.165) is 27.7 Å². The highest BCUT2D eigenvalue weighted by molar-refractivity contribution is 5.85. The summed E-state index contributed by atoms with van der Waals surface area (Å²) in [7, 11) is 0. The maximum atomic E-state index is 7.00. The predicted octanol–water partition coefficient (Wildman–Crippen LogP) is 3.48. The smallest absolute Gasteiger partial charge is 0.256 e. The molecule has 25 heavy (non-hydrogen) atoms. The maximum absolute atomic E-state index is 7.00. The fourth-order valence-electron chi connectivity index (χ4n) is 2.75. The van der Waals surface area contributed by atoms with Crippen molar-refractivity contribution in [1.82, 2.24) is 19.7 Å². The fraction of sp³-hybridized carbons (Fsp3) is 0.0526. The Morgan fingerprint density at radius 2 is 1.96 bits per heavy atom. The van der Waals surface area contributed by atoms with E-state index in [4.69, 9.17) is 12.3 Å². The van der Waals surface area contributed by atoms with Crippen molar-refractivity contribution in [2.24, 2.45) is 0 Å². The number of rotatable bonds is 3. The zero-order valence-electron chi connectivity index (χ0n) is 13.3. The van der Waals surface area contributed by atoms with Crippen LogP contribution < -0.4 is 5.73 Å². The highest BCUT2D eigenvalue weighted by atomic mass is 15.3. The zero-order valence-corrected chi connectivity index (χ0v) is 13.3. The standard InChI is InChI=1S/C19H14N6/c1-21-12-17-3-2-4-19(24-17)25-18-8-13(5-6-14(18)10-23-25)15-7-16(20)11-22-9-15/h2-11H,12,20H2. The van der Waals surface area contributed by atoms with Crippen LogP contribution >= 0.6 is 0 Å². The van der Waals surface area contributed by atoms with Crippen LogP contribution in [0.2, 0.25) is 0 Å². The Kier molecular flexibility index (Phi) is 3.60. The summed E-state index contributed by atoms with van der Waals surface area (Å²) >= 11 is 0. The van der Waals surface area contributed by atoms with Crippen LogP contribution in [0.3, 0.4) is 0 Å². The van der Waals surface area contributed by atoms with Gasteiger partial charge in [-0.15, -0.1) is 0 Å². The lowest BCUT2D eigenvalue weighted by molar-refractivity contribution is 0.862. The minimum absolute atomic E-state index is 0.257. The molecule has 2 N–H and O–H groups in total. The molecule has 4 rings (SSSR count). The summed E-state index contributed by atoms with van der Waals surface area (Å²) in [5.74, 6) is 0.694. The van der Waals surface area contributed by atoms with Gasteiger partial charge in [0.1, 0.15) is 5.69 Å². The first-order valence-corrected chi connectivity index (χ1v) is 7.73. The van der Waals surface area contributed by atoms with E-state index in [2.05, 4.69) is 19.9 Å². The summed E-state index contributed by atoms with van der Waals surface area (Å²) in [6.45, 7) is 7.26. The average molecular weight is 326 g/mol. The van der Waals surface area contributed by atoms with Crippen LogP contribution in [0.15, 0.2) is 61.1 Å². The Labute approximate surface area is 144 Å². The van der Waals surface area contributed by atoms with Crippen LogP contribution in [0, 0.1) is 6.57 Å². The Hall–Kier alpha value is -3.72. The molecule has 0 saturated heterocycles. The molecule has 0 aliphatic heterocycles. The molecule has 3 aromatic heterocycles. The second-order valence-corrected chi connectivity index (χ2v) is 5.64. The van der Waals surface area contributed by atoms with E-state index in [0.29, 0.717) is 11.5 Å². The van der Waals surface area contributed by atoms with Crippen molar-refractivity contribution in [3.8, 4) is 16.9 Å². The lowest BCUT2D eigenvalue weighted by atomic mass is 10.1. The van der Waals surface area contributed by atoms with E-state index in [1.165, 1.54) is 0 Å². The van der Waals surface area contributed by atoms with Crippen molar-refractivity contribution in [1.29, 1.82) is 0 Å². The highest BCUT2D eigenvalue weighted by Crippen LogP contribution is 2.26. The molecule has 0 aliphatic rings. The zero-order chi connectivity index (χ0) is 17.2. The van der Waals surface area contributed by atoms with Crippen molar-refractivity contribution in [3.63, 3.8) is 0 Å². The first-order valence-electron chi connectivity index (χ1n) is 7.73. The third-order valence-corrected chi connectivity index (χ3v) is 3.91. The van der Waals surface area contributed by atoms with Crippen LogP contribution in [-0.4, -0.2) is 19.7 Å². The molecule has 6 heteroatoms. The summed E-state index contributed by atoms with van der Waals surface area (Å²) in [4.78, 5) is 12.1. The molecule has 0 fully saturated rings. The van der Waals surface area contributed by atoms with Crippen LogP contribution in [-0.2, 0) is 6.54 Å². The highest BCUT2D eigenvalue weighted by Gasteiger charge is 2.09. The van der Waals surface area contributed by atoms with Gasteiger partial charge in [0.15, 0.2) is 5.82 Å². The van der Waals surface area contributed by atoms with Gasteiger partial charge in [-0.05, 0) is 29.8 Å². The summed E-state index contributed by atoms with van der Waals surface area (Å²) < 4.78 is 1.78. The fourth-order valence-corrected chi connectivity index (χ4v) is 2.75. The molecule has 6 nitrogen and oxygen atoms in total. The Bertz CT molecular complexity index is 1110. The molecule has 0 unspecified atom stereocenters. The van der Waals surface area contributed by atoms with E-state index in [1.54, 1.807) is 23.3 Å². The molecule has 3 heterocycles. The van der Waals surface area contributed by atoms with Crippen LogP contribution in [0.1, 0.15) is 5.69 Å². The Morgan fingerprint density at radius 1 is 1.04 bits per heavy atom. The summed E-state index contributed by atoms with van der Waals surface area (Å²) in [5, 5.41) is 5.47. The number of nitrogens with zero attached hydrogens (tertiary/aromatic N) is 5. The molecule has 0 saturated carbocycles. The molecular formula is C19H14N6. The molecule has 1 aromatic carbocycles. The lowest BCUT2D eigenvalue weighted by Crippen LogP contribution is -2.01. The SMILES string of the molecule is [C-]#[N+]Cc1cccc(-n2ncc3ccc(-c4cncc(N)c4)cc32)n1. The molecule has 0 spiro atoms. The lowest BCUT2D eigenvalue weighted by Gasteiger charge is -2.06. The Balaban J connectivity index is 1.85. The van der Waals surface area contributed by atoms with Crippen molar-refractivity contribution < 1.29 is 0 Å². The van der Waals surface area contributed by atoms with Gasteiger partial charge in [0, 0.05) is 23.3 Å². The summed E-state index contributed by atoms with van der Waals surface area (Å²) in [6, 6.07) is 13.6. The normalized spacial score (nSPS) is 10.7. The molecule has 0 atom stereocenters. The van der Waals surface area contributed by atoms with Gasteiger partial charge in [-0.25, -0.2) is 16.2 Å². The maximum Gasteiger partial charge on any atom is 0.256 e. The average Bonchev–Trinajstić information content (AvgIpc) is 3.05. The number of nitrogen functional groups attached to an aromatic ring is 1. The molecule has 0 amide bonds. The van der Waals surface area contributed by atoms with Crippen LogP contribution in [0.5, 0.6) is 0 Å². The number of fused-ring (bicyclic) bond motifs is 1. The number of benzene rings is 1. The Morgan fingerprint density at radius 3 is 2.80 bits per heavy atom. The minimum Gasteiger partial charge on any atom is -0.397 e. The van der Waals surface area contributed by atoms with Crippen molar-refractivity contribution in [3.05, 3.63) is 78.2 Å². The second-order valence-electron chi connectivity index (χ2n) is 5.64. The van der Waals surface area contributed by atoms with Gasteiger partial charge in [0.05, 0.1) is 17.4 Å². The van der Waals surface area contributed by atoms with Gasteiger partial charge < -0.3 is 10.6 Å². The number of hydrogen-bond acceptors (Lipinski definition) is 4. The van der Waals surface area contributed by atoms with Gasteiger partial charge >= 0.3 is 0 Å². The quantitative estimate of drug-likeness (QED) is 0.585. The van der Waals surface area contributed by atoms with Crippen molar-refractivity contribution in [2.75, 3.05) is 5.73 Å². The van der Waals surface area contributed by atoms with E-state index in [9.17, 15) is 0 Å². The van der Waals surface area contributed by atoms with Gasteiger partial charge in [-0.1, -0.05) is 18.2 Å². The largest absolute Gasteiger partial charge is 0.397 e. The van der Waals surface area contributed by atoms with Crippen molar-refractivity contribution in [2.45, 2.75) is 6.54 Å². The molecule has 120 valence electrons. The first kappa shape index (κ1) is 14.8. The molecule has 0 radical (unpaired) electrons. The minimum atomic E-state index is 0.257. The monoisotopic (exact) mass is 326 g/mol. The van der Waals surface area contributed by atoms with Crippen molar-refractivity contribution >= 4 is 16.6 Å². The van der Waals surface area contributed by atoms with E-state index in [-0.39, 0.29) is 6.54 Å². The number of nitrogens with two attached hydrogens (primary N) is 1. The number of anilines is 1. The third kappa shape index (κ3) is 2.79. The molecule has 0 bridgehead atoms. The molecule has 4 aromatic rings. The van der Waals surface area contributed by atoms with E-state index < -0.39 is 0 Å². The molecular weight excluding hydrogens is 312 g/mol. The van der Waals surface area contributed by atoms with Crippen LogP contribution in [0.25, 0.3) is 32.7 Å².